The van der Waals surface area contributed by atoms with Gasteiger partial charge in [-0.1, -0.05) is 12.2 Å². The van der Waals surface area contributed by atoms with E-state index in [9.17, 15) is 0 Å². The first-order valence-electron chi connectivity index (χ1n) is 4.26. The molecule has 1 aliphatic rings. The van der Waals surface area contributed by atoms with Crippen LogP contribution in [0.15, 0.2) is 17.3 Å². The molecule has 0 amide bonds. The minimum Gasteiger partial charge on any atom is -0.411 e. The monoisotopic (exact) mass is 153 g/mol. The Bertz CT molecular complexity index is 152. The molecule has 1 N–H and O–H groups in total. The summed E-state index contributed by atoms with van der Waals surface area (Å²) in [4.78, 5) is 0. The predicted octanol–water partition coefficient (Wildman–Crippen LogP) is 2.58. The van der Waals surface area contributed by atoms with Gasteiger partial charge < -0.3 is 5.21 Å². The summed E-state index contributed by atoms with van der Waals surface area (Å²) in [6, 6.07) is 0. The number of allylic oxidation sites excluding steroid dienone is 2. The quantitative estimate of drug-likeness (QED) is 0.267. The minimum atomic E-state index is 0.491. The Morgan fingerprint density at radius 2 is 2.09 bits per heavy atom. The summed E-state index contributed by atoms with van der Waals surface area (Å²) in [5.74, 6) is 0.491. The molecule has 1 rings (SSSR count). The zero-order chi connectivity index (χ0) is 7.94. The van der Waals surface area contributed by atoms with E-state index >= 15 is 0 Å². The molecule has 1 unspecified atom stereocenters. The van der Waals surface area contributed by atoms with E-state index in [1.807, 2.05) is 0 Å². The van der Waals surface area contributed by atoms with Gasteiger partial charge >= 0.3 is 0 Å². The minimum absolute atomic E-state index is 0.491. The van der Waals surface area contributed by atoms with Crippen molar-refractivity contribution in [1.82, 2.24) is 0 Å². The molecule has 2 nitrogen and oxygen atoms in total. The van der Waals surface area contributed by atoms with E-state index in [0.29, 0.717) is 5.92 Å². The van der Waals surface area contributed by atoms with Crippen LogP contribution in [0.25, 0.3) is 0 Å². The Hall–Kier alpha value is -0.790. The van der Waals surface area contributed by atoms with Crippen LogP contribution in [0.3, 0.4) is 0 Å². The van der Waals surface area contributed by atoms with Gasteiger partial charge in [0.15, 0.2) is 0 Å². The third kappa shape index (κ3) is 3.21. The summed E-state index contributed by atoms with van der Waals surface area (Å²) >= 11 is 0. The Morgan fingerprint density at radius 1 is 1.27 bits per heavy atom. The Labute approximate surface area is 67.6 Å². The van der Waals surface area contributed by atoms with Crippen molar-refractivity contribution in [3.63, 3.8) is 0 Å². The molecule has 0 bridgehead atoms. The molecule has 0 heterocycles. The standard InChI is InChI=1S/C9H15NO/c11-10-8-9-6-4-2-1-3-5-7-9/h1-2,8-9,11H,3-7H2/b2-1+,10-8+. The number of rotatable bonds is 1. The highest BCUT2D eigenvalue weighted by molar-refractivity contribution is 5.59. The molecule has 0 aromatic rings. The van der Waals surface area contributed by atoms with Gasteiger partial charge in [0.25, 0.3) is 0 Å². The van der Waals surface area contributed by atoms with Crippen molar-refractivity contribution >= 4 is 6.21 Å². The summed E-state index contributed by atoms with van der Waals surface area (Å²) in [6.07, 6.45) is 11.9. The largest absolute Gasteiger partial charge is 0.411 e. The van der Waals surface area contributed by atoms with Crippen LogP contribution in [0.4, 0.5) is 0 Å². The van der Waals surface area contributed by atoms with Crippen LogP contribution in [-0.2, 0) is 0 Å². The molecule has 0 radical (unpaired) electrons. The van der Waals surface area contributed by atoms with Crippen molar-refractivity contribution < 1.29 is 5.21 Å². The molecular weight excluding hydrogens is 138 g/mol. The average molecular weight is 153 g/mol. The molecule has 0 fully saturated rings. The van der Waals surface area contributed by atoms with Gasteiger partial charge in [-0.05, 0) is 38.0 Å². The topological polar surface area (TPSA) is 32.6 Å². The highest BCUT2D eigenvalue weighted by Crippen LogP contribution is 2.16. The van der Waals surface area contributed by atoms with Gasteiger partial charge in [-0.25, -0.2) is 0 Å². The maximum atomic E-state index is 8.33. The Morgan fingerprint density at radius 3 is 2.91 bits per heavy atom. The summed E-state index contributed by atoms with van der Waals surface area (Å²) < 4.78 is 0. The van der Waals surface area contributed by atoms with E-state index < -0.39 is 0 Å². The molecule has 1 atom stereocenters. The number of oxime groups is 1. The Balaban J connectivity index is 2.35. The van der Waals surface area contributed by atoms with Gasteiger partial charge in [0.2, 0.25) is 0 Å². The van der Waals surface area contributed by atoms with Crippen LogP contribution in [0.2, 0.25) is 0 Å². The molecule has 0 saturated carbocycles. The van der Waals surface area contributed by atoms with Crippen molar-refractivity contribution in [2.24, 2.45) is 11.1 Å². The fraction of sp³-hybridized carbons (Fsp3) is 0.667. The normalized spacial score (nSPS) is 29.6. The third-order valence-corrected chi connectivity index (χ3v) is 2.09. The molecule has 0 aromatic carbocycles. The smallest absolute Gasteiger partial charge is 0.0466 e. The van der Waals surface area contributed by atoms with Crippen LogP contribution < -0.4 is 0 Å². The van der Waals surface area contributed by atoms with Crippen molar-refractivity contribution in [3.05, 3.63) is 12.2 Å². The highest BCUT2D eigenvalue weighted by atomic mass is 16.4. The molecule has 1 aliphatic carbocycles. The van der Waals surface area contributed by atoms with Crippen LogP contribution >= 0.6 is 0 Å². The fourth-order valence-electron chi connectivity index (χ4n) is 1.43. The fourth-order valence-corrected chi connectivity index (χ4v) is 1.43. The molecule has 0 saturated heterocycles. The van der Waals surface area contributed by atoms with Crippen LogP contribution in [0, 0.1) is 5.92 Å². The molecule has 62 valence electrons. The predicted molar refractivity (Wildman–Crippen MR) is 46.0 cm³/mol. The number of nitrogens with zero attached hydrogens (tertiary/aromatic N) is 1. The van der Waals surface area contributed by atoms with Crippen LogP contribution in [-0.4, -0.2) is 11.4 Å². The maximum Gasteiger partial charge on any atom is 0.0466 e. The molecule has 0 spiro atoms. The van der Waals surface area contributed by atoms with Gasteiger partial charge in [0.05, 0.1) is 0 Å². The lowest BCUT2D eigenvalue weighted by Gasteiger charge is -2.10. The van der Waals surface area contributed by atoms with Gasteiger partial charge in [-0.15, -0.1) is 5.16 Å². The lowest BCUT2D eigenvalue weighted by Crippen LogP contribution is -2.02. The molecule has 0 aromatic heterocycles. The first-order valence-corrected chi connectivity index (χ1v) is 4.26. The van der Waals surface area contributed by atoms with E-state index in [-0.39, 0.29) is 0 Å². The van der Waals surface area contributed by atoms with E-state index in [2.05, 4.69) is 17.3 Å². The van der Waals surface area contributed by atoms with Crippen molar-refractivity contribution in [3.8, 4) is 0 Å². The SMILES string of the molecule is O/N=C/C1CC/C=C/CCC1. The van der Waals surface area contributed by atoms with Gasteiger partial charge in [-0.3, -0.25) is 0 Å². The first kappa shape index (κ1) is 8.31. The summed E-state index contributed by atoms with van der Waals surface area (Å²) in [6.45, 7) is 0. The van der Waals surface area contributed by atoms with E-state index in [0.717, 1.165) is 19.3 Å². The zero-order valence-electron chi connectivity index (χ0n) is 6.74. The number of hydrogen-bond acceptors (Lipinski definition) is 2. The molecule has 2 heteroatoms. The number of hydrogen-bond donors (Lipinski definition) is 1. The molecule has 0 aliphatic heterocycles. The lowest BCUT2D eigenvalue weighted by molar-refractivity contribution is 0.316. The zero-order valence-corrected chi connectivity index (χ0v) is 6.74. The van der Waals surface area contributed by atoms with Crippen LogP contribution in [0.5, 0.6) is 0 Å². The summed E-state index contributed by atoms with van der Waals surface area (Å²) in [5, 5.41) is 11.4. The van der Waals surface area contributed by atoms with Gasteiger partial charge in [0, 0.05) is 6.21 Å². The van der Waals surface area contributed by atoms with Crippen molar-refractivity contribution in [1.29, 1.82) is 0 Å². The second kappa shape index (κ2) is 4.94. The van der Waals surface area contributed by atoms with Crippen molar-refractivity contribution in [2.45, 2.75) is 32.1 Å². The summed E-state index contributed by atoms with van der Waals surface area (Å²) in [5.41, 5.74) is 0. The van der Waals surface area contributed by atoms with Gasteiger partial charge in [0.1, 0.15) is 0 Å². The Kier molecular flexibility index (Phi) is 3.73. The second-order valence-corrected chi connectivity index (χ2v) is 3.00. The van der Waals surface area contributed by atoms with E-state index in [1.54, 1.807) is 6.21 Å². The lowest BCUT2D eigenvalue weighted by atomic mass is 9.95. The average Bonchev–Trinajstić information content (AvgIpc) is 1.94. The molecule has 11 heavy (non-hydrogen) atoms. The maximum absolute atomic E-state index is 8.33. The van der Waals surface area contributed by atoms with Crippen LogP contribution in [0.1, 0.15) is 32.1 Å². The third-order valence-electron chi connectivity index (χ3n) is 2.09. The molecular formula is C9H15NO. The summed E-state index contributed by atoms with van der Waals surface area (Å²) in [7, 11) is 0. The van der Waals surface area contributed by atoms with Crippen molar-refractivity contribution in [2.75, 3.05) is 0 Å². The van der Waals surface area contributed by atoms with Gasteiger partial charge in [-0.2, -0.15) is 0 Å². The second-order valence-electron chi connectivity index (χ2n) is 3.00. The van der Waals surface area contributed by atoms with E-state index in [1.165, 1.54) is 12.8 Å². The first-order chi connectivity index (χ1) is 5.43. The highest BCUT2D eigenvalue weighted by Gasteiger charge is 2.05. The van der Waals surface area contributed by atoms with E-state index in [4.69, 9.17) is 5.21 Å².